The third kappa shape index (κ3) is 2.35. The molecular weight excluding hydrogens is 242 g/mol. The minimum Gasteiger partial charge on any atom is -0.305 e. The van der Waals surface area contributed by atoms with Crippen LogP contribution in [0.5, 0.6) is 0 Å². The molecule has 0 saturated heterocycles. The average Bonchev–Trinajstić information content (AvgIpc) is 2.98. The molecule has 0 atom stereocenters. The lowest BCUT2D eigenvalue weighted by molar-refractivity contribution is 0.0867. The van der Waals surface area contributed by atoms with Crippen LogP contribution in [0.4, 0.5) is 0 Å². The van der Waals surface area contributed by atoms with Crippen molar-refractivity contribution in [1.82, 2.24) is 5.48 Å². The molecule has 2 rings (SSSR count). The summed E-state index contributed by atoms with van der Waals surface area (Å²) in [6, 6.07) is 6.54. The molecule has 1 fully saturated rings. The third-order valence-corrected chi connectivity index (χ3v) is 3.19. The predicted molar refractivity (Wildman–Crippen MR) is 60.0 cm³/mol. The van der Waals surface area contributed by atoms with Gasteiger partial charge >= 0.3 is 0 Å². The number of nitrogens with one attached hydrogen (secondary N) is 1. The molecule has 1 aromatic rings. The van der Waals surface area contributed by atoms with Gasteiger partial charge in [-0.15, -0.1) is 0 Å². The van der Waals surface area contributed by atoms with E-state index in [0.29, 0.717) is 0 Å². The highest BCUT2D eigenvalue weighted by atomic mass is 79.9. The van der Waals surface area contributed by atoms with Crippen LogP contribution in [0.1, 0.15) is 29.9 Å². The van der Waals surface area contributed by atoms with Gasteiger partial charge in [-0.3, -0.25) is 0 Å². The maximum absolute atomic E-state index is 4.81. The maximum atomic E-state index is 4.81. The SMILES string of the molecule is CONCc1ccc(C2CC2)c(Br)c1. The van der Waals surface area contributed by atoms with Gasteiger partial charge in [0.1, 0.15) is 0 Å². The highest BCUT2D eigenvalue weighted by molar-refractivity contribution is 9.10. The molecule has 1 aliphatic rings. The molecule has 0 unspecified atom stereocenters. The van der Waals surface area contributed by atoms with E-state index >= 15 is 0 Å². The van der Waals surface area contributed by atoms with Crippen LogP contribution in [-0.2, 0) is 11.4 Å². The van der Waals surface area contributed by atoms with Gasteiger partial charge in [-0.2, -0.15) is 5.48 Å². The molecule has 76 valence electrons. The van der Waals surface area contributed by atoms with E-state index in [0.717, 1.165) is 12.5 Å². The lowest BCUT2D eigenvalue weighted by Gasteiger charge is -2.06. The van der Waals surface area contributed by atoms with Gasteiger partial charge in [0.15, 0.2) is 0 Å². The molecule has 1 N–H and O–H groups in total. The van der Waals surface area contributed by atoms with Crippen molar-refractivity contribution in [3.63, 3.8) is 0 Å². The molecule has 1 aromatic carbocycles. The summed E-state index contributed by atoms with van der Waals surface area (Å²) < 4.78 is 1.23. The molecule has 1 aliphatic carbocycles. The Balaban J connectivity index is 2.09. The van der Waals surface area contributed by atoms with Crippen LogP contribution in [0.25, 0.3) is 0 Å². The van der Waals surface area contributed by atoms with Crippen LogP contribution in [0.15, 0.2) is 22.7 Å². The Hall–Kier alpha value is -0.380. The van der Waals surface area contributed by atoms with Gasteiger partial charge in [0.05, 0.1) is 7.11 Å². The second kappa shape index (κ2) is 4.43. The molecular formula is C11H14BrNO. The standard InChI is InChI=1S/C11H14BrNO/c1-14-13-7-8-2-5-10(9-3-4-9)11(12)6-8/h2,5-6,9,13H,3-4,7H2,1H3. The predicted octanol–water partition coefficient (Wildman–Crippen LogP) is 2.98. The van der Waals surface area contributed by atoms with Gasteiger partial charge in [-0.05, 0) is 36.0 Å². The van der Waals surface area contributed by atoms with Crippen molar-refractivity contribution in [2.75, 3.05) is 7.11 Å². The maximum Gasteiger partial charge on any atom is 0.0572 e. The van der Waals surface area contributed by atoms with Crippen molar-refractivity contribution < 1.29 is 4.84 Å². The Kier molecular flexibility index (Phi) is 3.21. The first-order valence-electron chi connectivity index (χ1n) is 4.85. The van der Waals surface area contributed by atoms with Crippen molar-refractivity contribution in [2.45, 2.75) is 25.3 Å². The van der Waals surface area contributed by atoms with Gasteiger partial charge in [0.2, 0.25) is 0 Å². The monoisotopic (exact) mass is 255 g/mol. The summed E-state index contributed by atoms with van der Waals surface area (Å²) in [5.74, 6) is 0.800. The summed E-state index contributed by atoms with van der Waals surface area (Å²) >= 11 is 3.61. The van der Waals surface area contributed by atoms with E-state index in [-0.39, 0.29) is 0 Å². The molecule has 14 heavy (non-hydrogen) atoms. The summed E-state index contributed by atoms with van der Waals surface area (Å²) in [5, 5.41) is 0. The second-order valence-electron chi connectivity index (χ2n) is 3.66. The minimum absolute atomic E-state index is 0.750. The summed E-state index contributed by atoms with van der Waals surface area (Å²) in [6.07, 6.45) is 2.68. The highest BCUT2D eigenvalue weighted by Crippen LogP contribution is 2.43. The summed E-state index contributed by atoms with van der Waals surface area (Å²) in [6.45, 7) is 0.750. The molecule has 0 spiro atoms. The van der Waals surface area contributed by atoms with Crippen LogP contribution >= 0.6 is 15.9 Å². The number of hydroxylamine groups is 1. The van der Waals surface area contributed by atoms with Crippen molar-refractivity contribution >= 4 is 15.9 Å². The van der Waals surface area contributed by atoms with Crippen LogP contribution in [-0.4, -0.2) is 7.11 Å². The zero-order valence-corrected chi connectivity index (χ0v) is 9.80. The van der Waals surface area contributed by atoms with E-state index in [2.05, 4.69) is 39.6 Å². The first-order valence-corrected chi connectivity index (χ1v) is 5.64. The smallest absolute Gasteiger partial charge is 0.0572 e. The summed E-state index contributed by atoms with van der Waals surface area (Å²) in [5.41, 5.74) is 5.52. The van der Waals surface area contributed by atoms with Crippen LogP contribution in [0.2, 0.25) is 0 Å². The Morgan fingerprint density at radius 2 is 2.29 bits per heavy atom. The van der Waals surface area contributed by atoms with E-state index in [1.165, 1.54) is 28.4 Å². The summed E-state index contributed by atoms with van der Waals surface area (Å²) in [7, 11) is 1.63. The molecule has 0 radical (unpaired) electrons. The van der Waals surface area contributed by atoms with Gasteiger partial charge in [-0.1, -0.05) is 28.1 Å². The van der Waals surface area contributed by atoms with E-state index in [9.17, 15) is 0 Å². The topological polar surface area (TPSA) is 21.3 Å². The minimum atomic E-state index is 0.750. The van der Waals surface area contributed by atoms with E-state index in [1.54, 1.807) is 7.11 Å². The molecule has 3 heteroatoms. The van der Waals surface area contributed by atoms with Crippen molar-refractivity contribution in [3.8, 4) is 0 Å². The molecule has 2 nitrogen and oxygen atoms in total. The molecule has 0 heterocycles. The molecule has 0 bridgehead atoms. The molecule has 0 amide bonds. The Labute approximate surface area is 92.7 Å². The number of rotatable bonds is 4. The normalized spacial score (nSPS) is 15.9. The lowest BCUT2D eigenvalue weighted by Crippen LogP contribution is -2.10. The van der Waals surface area contributed by atoms with Gasteiger partial charge in [0, 0.05) is 11.0 Å². The third-order valence-electron chi connectivity index (χ3n) is 2.50. The first kappa shape index (κ1) is 10.1. The van der Waals surface area contributed by atoms with Gasteiger partial charge < -0.3 is 4.84 Å². The van der Waals surface area contributed by atoms with E-state index in [1.807, 2.05) is 0 Å². The Bertz CT molecular complexity index is 323. The van der Waals surface area contributed by atoms with Crippen molar-refractivity contribution in [2.24, 2.45) is 0 Å². The number of halogens is 1. The zero-order valence-electron chi connectivity index (χ0n) is 8.22. The molecule has 0 aliphatic heterocycles. The zero-order chi connectivity index (χ0) is 9.97. The molecule has 0 aromatic heterocycles. The average molecular weight is 256 g/mol. The number of hydrogen-bond donors (Lipinski definition) is 1. The fourth-order valence-electron chi connectivity index (χ4n) is 1.56. The number of benzene rings is 1. The fourth-order valence-corrected chi connectivity index (χ4v) is 2.31. The number of hydrogen-bond acceptors (Lipinski definition) is 2. The largest absolute Gasteiger partial charge is 0.305 e. The van der Waals surface area contributed by atoms with Crippen molar-refractivity contribution in [1.29, 1.82) is 0 Å². The van der Waals surface area contributed by atoms with Gasteiger partial charge in [0.25, 0.3) is 0 Å². The quantitative estimate of drug-likeness (QED) is 0.836. The van der Waals surface area contributed by atoms with Crippen molar-refractivity contribution in [3.05, 3.63) is 33.8 Å². The van der Waals surface area contributed by atoms with Gasteiger partial charge in [-0.25, -0.2) is 0 Å². The van der Waals surface area contributed by atoms with E-state index < -0.39 is 0 Å². The highest BCUT2D eigenvalue weighted by Gasteiger charge is 2.25. The molecule has 1 saturated carbocycles. The van der Waals surface area contributed by atoms with Crippen LogP contribution in [0.3, 0.4) is 0 Å². The lowest BCUT2D eigenvalue weighted by atomic mass is 10.1. The second-order valence-corrected chi connectivity index (χ2v) is 4.51. The fraction of sp³-hybridized carbons (Fsp3) is 0.455. The van der Waals surface area contributed by atoms with E-state index in [4.69, 9.17) is 4.84 Å². The summed E-state index contributed by atoms with van der Waals surface area (Å²) in [4.78, 5) is 4.81. The Morgan fingerprint density at radius 3 is 2.86 bits per heavy atom. The van der Waals surface area contributed by atoms with Crippen LogP contribution in [0, 0.1) is 0 Å². The van der Waals surface area contributed by atoms with Crippen LogP contribution < -0.4 is 5.48 Å². The first-order chi connectivity index (χ1) is 6.81. The Morgan fingerprint density at radius 1 is 1.50 bits per heavy atom.